The number of thiophene rings is 1. The predicted molar refractivity (Wildman–Crippen MR) is 97.8 cm³/mol. The van der Waals surface area contributed by atoms with Crippen molar-refractivity contribution in [1.29, 1.82) is 0 Å². The molecule has 0 spiro atoms. The van der Waals surface area contributed by atoms with E-state index in [9.17, 15) is 4.79 Å². The highest BCUT2D eigenvalue weighted by Crippen LogP contribution is 2.27. The predicted octanol–water partition coefficient (Wildman–Crippen LogP) is 3.71. The van der Waals surface area contributed by atoms with Gasteiger partial charge in [-0.1, -0.05) is 12.5 Å². The third-order valence-electron chi connectivity index (χ3n) is 4.51. The molecule has 1 atom stereocenters. The Hall–Kier alpha value is -1.85. The minimum Gasteiger partial charge on any atom is -0.497 e. The molecule has 1 aromatic heterocycles. The molecule has 0 aliphatic carbocycles. The molecule has 1 fully saturated rings. The average molecular weight is 344 g/mol. The average Bonchev–Trinajstić information content (AvgIpc) is 3.17. The molecule has 1 aliphatic rings. The molecule has 128 valence electrons. The number of amides is 1. The van der Waals surface area contributed by atoms with Crippen molar-refractivity contribution in [2.75, 3.05) is 26.7 Å². The maximum atomic E-state index is 12.4. The van der Waals surface area contributed by atoms with E-state index in [4.69, 9.17) is 4.74 Å². The van der Waals surface area contributed by atoms with Crippen LogP contribution in [0.3, 0.4) is 0 Å². The lowest BCUT2D eigenvalue weighted by Crippen LogP contribution is -2.40. The van der Waals surface area contributed by atoms with E-state index in [2.05, 4.69) is 27.7 Å². The van der Waals surface area contributed by atoms with Gasteiger partial charge >= 0.3 is 0 Å². The third kappa shape index (κ3) is 4.16. The number of nitrogens with zero attached hydrogens (tertiary/aromatic N) is 1. The highest BCUT2D eigenvalue weighted by molar-refractivity contribution is 7.10. The second-order valence-corrected chi connectivity index (χ2v) is 7.05. The van der Waals surface area contributed by atoms with E-state index in [0.29, 0.717) is 12.1 Å². The lowest BCUT2D eigenvalue weighted by molar-refractivity contribution is 0.0925. The zero-order valence-electron chi connectivity index (χ0n) is 14.0. The highest BCUT2D eigenvalue weighted by atomic mass is 32.1. The summed E-state index contributed by atoms with van der Waals surface area (Å²) in [5, 5.41) is 5.22. The van der Waals surface area contributed by atoms with Gasteiger partial charge < -0.3 is 10.1 Å². The number of carbonyl (C=O) groups is 1. The minimum atomic E-state index is -0.0313. The second kappa shape index (κ2) is 8.31. The molecule has 1 aromatic carbocycles. The van der Waals surface area contributed by atoms with Crippen molar-refractivity contribution < 1.29 is 9.53 Å². The van der Waals surface area contributed by atoms with Gasteiger partial charge in [0.25, 0.3) is 5.91 Å². The summed E-state index contributed by atoms with van der Waals surface area (Å²) in [4.78, 5) is 16.3. The van der Waals surface area contributed by atoms with Crippen LogP contribution in [0.5, 0.6) is 5.75 Å². The quantitative estimate of drug-likeness (QED) is 0.868. The molecule has 1 amide bonds. The lowest BCUT2D eigenvalue weighted by Gasteiger charge is -2.34. The fraction of sp³-hybridized carbons (Fsp3) is 0.421. The molecule has 5 heteroatoms. The van der Waals surface area contributed by atoms with Gasteiger partial charge in [-0.25, -0.2) is 0 Å². The van der Waals surface area contributed by atoms with Gasteiger partial charge in [0, 0.05) is 17.0 Å². The molecule has 4 nitrogen and oxygen atoms in total. The summed E-state index contributed by atoms with van der Waals surface area (Å²) in [6.45, 7) is 2.87. The second-order valence-electron chi connectivity index (χ2n) is 6.07. The van der Waals surface area contributed by atoms with Gasteiger partial charge in [-0.3, -0.25) is 9.69 Å². The van der Waals surface area contributed by atoms with Gasteiger partial charge in [0.05, 0.1) is 13.2 Å². The van der Waals surface area contributed by atoms with Gasteiger partial charge in [-0.15, -0.1) is 11.3 Å². The molecule has 1 N–H and O–H groups in total. The van der Waals surface area contributed by atoms with Crippen molar-refractivity contribution in [2.24, 2.45) is 0 Å². The molecule has 0 saturated carbocycles. The Morgan fingerprint density at radius 1 is 1.21 bits per heavy atom. The highest BCUT2D eigenvalue weighted by Gasteiger charge is 2.23. The number of benzene rings is 1. The van der Waals surface area contributed by atoms with Crippen LogP contribution in [0.15, 0.2) is 41.8 Å². The number of hydrogen-bond acceptors (Lipinski definition) is 4. The largest absolute Gasteiger partial charge is 0.497 e. The van der Waals surface area contributed by atoms with Crippen LogP contribution in [0, 0.1) is 0 Å². The zero-order valence-corrected chi connectivity index (χ0v) is 14.8. The monoisotopic (exact) mass is 344 g/mol. The Bertz CT molecular complexity index is 634. The van der Waals surface area contributed by atoms with Crippen LogP contribution in [-0.4, -0.2) is 37.6 Å². The standard InChI is InChI=1S/C19H24N2O2S/c1-23-16-9-7-15(8-10-16)19(22)20-14-17(18-6-5-13-24-18)21-11-3-2-4-12-21/h5-10,13,17H,2-4,11-12,14H2,1H3,(H,20,22)/t17-/m1/s1. The maximum absolute atomic E-state index is 12.4. The van der Waals surface area contributed by atoms with Crippen LogP contribution in [-0.2, 0) is 0 Å². The molecule has 0 bridgehead atoms. The van der Waals surface area contributed by atoms with E-state index in [-0.39, 0.29) is 11.9 Å². The van der Waals surface area contributed by atoms with Crippen LogP contribution >= 0.6 is 11.3 Å². The Kier molecular flexibility index (Phi) is 5.88. The van der Waals surface area contributed by atoms with E-state index >= 15 is 0 Å². The summed E-state index contributed by atoms with van der Waals surface area (Å²) >= 11 is 1.77. The molecule has 2 heterocycles. The van der Waals surface area contributed by atoms with Crippen molar-refractivity contribution in [2.45, 2.75) is 25.3 Å². The van der Waals surface area contributed by atoms with Crippen LogP contribution < -0.4 is 10.1 Å². The summed E-state index contributed by atoms with van der Waals surface area (Å²) in [6, 6.07) is 11.8. The van der Waals surface area contributed by atoms with E-state index in [1.165, 1.54) is 24.1 Å². The van der Waals surface area contributed by atoms with Gasteiger partial charge in [0.2, 0.25) is 0 Å². The number of piperidine rings is 1. The van der Waals surface area contributed by atoms with Crippen molar-refractivity contribution in [3.8, 4) is 5.75 Å². The first-order chi connectivity index (χ1) is 11.8. The van der Waals surface area contributed by atoms with Crippen molar-refractivity contribution >= 4 is 17.2 Å². The van der Waals surface area contributed by atoms with E-state index in [0.717, 1.165) is 18.8 Å². The van der Waals surface area contributed by atoms with Crippen LogP contribution in [0.25, 0.3) is 0 Å². The zero-order chi connectivity index (χ0) is 16.8. The molecule has 24 heavy (non-hydrogen) atoms. The number of methoxy groups -OCH3 is 1. The molecule has 0 radical (unpaired) electrons. The number of likely N-dealkylation sites (tertiary alicyclic amines) is 1. The number of hydrogen-bond donors (Lipinski definition) is 1. The summed E-state index contributed by atoms with van der Waals surface area (Å²) < 4.78 is 5.14. The fourth-order valence-corrected chi connectivity index (χ4v) is 4.02. The van der Waals surface area contributed by atoms with E-state index in [1.54, 1.807) is 30.6 Å². The SMILES string of the molecule is COc1ccc(C(=O)NC[C@H](c2cccs2)N2CCCCC2)cc1. The molecule has 2 aromatic rings. The first-order valence-electron chi connectivity index (χ1n) is 8.47. The lowest BCUT2D eigenvalue weighted by atomic mass is 10.1. The van der Waals surface area contributed by atoms with Crippen molar-refractivity contribution in [1.82, 2.24) is 10.2 Å². The van der Waals surface area contributed by atoms with Gasteiger partial charge in [0.1, 0.15) is 5.75 Å². The number of carbonyl (C=O) groups excluding carboxylic acids is 1. The Labute approximate surface area is 147 Å². The first-order valence-corrected chi connectivity index (χ1v) is 9.35. The van der Waals surface area contributed by atoms with Gasteiger partial charge in [0.15, 0.2) is 0 Å². The summed E-state index contributed by atoms with van der Waals surface area (Å²) in [7, 11) is 1.62. The number of ether oxygens (including phenoxy) is 1. The Balaban J connectivity index is 1.65. The smallest absolute Gasteiger partial charge is 0.251 e. The summed E-state index contributed by atoms with van der Waals surface area (Å²) in [5.74, 6) is 0.729. The van der Waals surface area contributed by atoms with Crippen LogP contribution in [0.2, 0.25) is 0 Å². The van der Waals surface area contributed by atoms with Crippen LogP contribution in [0.1, 0.15) is 40.5 Å². The summed E-state index contributed by atoms with van der Waals surface area (Å²) in [6.07, 6.45) is 3.80. The molecular formula is C19H24N2O2S. The van der Waals surface area contributed by atoms with Crippen molar-refractivity contribution in [3.05, 3.63) is 52.2 Å². The van der Waals surface area contributed by atoms with Crippen molar-refractivity contribution in [3.63, 3.8) is 0 Å². The fourth-order valence-electron chi connectivity index (χ4n) is 3.15. The molecule has 0 unspecified atom stereocenters. The molecule has 1 aliphatic heterocycles. The Morgan fingerprint density at radius 3 is 2.58 bits per heavy atom. The molecule has 3 rings (SSSR count). The Morgan fingerprint density at radius 2 is 1.96 bits per heavy atom. The van der Waals surface area contributed by atoms with E-state index < -0.39 is 0 Å². The maximum Gasteiger partial charge on any atom is 0.251 e. The normalized spacial score (nSPS) is 16.5. The number of nitrogens with one attached hydrogen (secondary N) is 1. The molecular weight excluding hydrogens is 320 g/mol. The first kappa shape index (κ1) is 17.0. The number of rotatable bonds is 6. The third-order valence-corrected chi connectivity index (χ3v) is 5.48. The molecule has 1 saturated heterocycles. The topological polar surface area (TPSA) is 41.6 Å². The summed E-state index contributed by atoms with van der Waals surface area (Å²) in [5.41, 5.74) is 0.666. The van der Waals surface area contributed by atoms with Gasteiger partial charge in [-0.05, 0) is 61.6 Å². The van der Waals surface area contributed by atoms with Crippen LogP contribution in [0.4, 0.5) is 0 Å². The van der Waals surface area contributed by atoms with E-state index in [1.807, 2.05) is 12.1 Å². The van der Waals surface area contributed by atoms with Gasteiger partial charge in [-0.2, -0.15) is 0 Å². The minimum absolute atomic E-state index is 0.0313.